The van der Waals surface area contributed by atoms with Crippen LogP contribution in [0.1, 0.15) is 67.5 Å². The van der Waals surface area contributed by atoms with Gasteiger partial charge in [0.2, 0.25) is 0 Å². The normalized spacial score (nSPS) is 13.6. The third-order valence-electron chi connectivity index (χ3n) is 17.4. The van der Waals surface area contributed by atoms with Gasteiger partial charge in [-0.25, -0.2) is 0 Å². The Bertz CT molecular complexity index is 4090. The fourth-order valence-electron chi connectivity index (χ4n) is 14.2. The van der Waals surface area contributed by atoms with Crippen molar-refractivity contribution in [3.63, 3.8) is 0 Å². The van der Waals surface area contributed by atoms with Gasteiger partial charge in [0, 0.05) is 46.0 Å². The van der Waals surface area contributed by atoms with Gasteiger partial charge in [0.15, 0.2) is 0 Å². The van der Waals surface area contributed by atoms with E-state index in [0.29, 0.717) is 0 Å². The van der Waals surface area contributed by atoms with Crippen LogP contribution in [0.25, 0.3) is 43.8 Å². The van der Waals surface area contributed by atoms with Crippen molar-refractivity contribution in [2.24, 2.45) is 0 Å². The summed E-state index contributed by atoms with van der Waals surface area (Å²) in [5.74, 6) is 0.336. The molecule has 3 aliphatic rings. The maximum Gasteiger partial charge on any atom is 0.0715 e. The first-order chi connectivity index (χ1) is 39.2. The Kier molecular flexibility index (Phi) is 10.3. The van der Waals surface area contributed by atoms with E-state index in [9.17, 15) is 0 Å². The minimum atomic E-state index is -0.681. The second-order valence-corrected chi connectivity index (χ2v) is 21.5. The number of hydrogen-bond acceptors (Lipinski definition) is 2. The second kappa shape index (κ2) is 18.1. The van der Waals surface area contributed by atoms with E-state index in [-0.39, 0.29) is 11.8 Å². The summed E-state index contributed by atoms with van der Waals surface area (Å²) in [6.07, 6.45) is 0. The number of anilines is 6. The van der Waals surface area contributed by atoms with Crippen LogP contribution in [-0.2, 0) is 5.41 Å². The highest BCUT2D eigenvalue weighted by Gasteiger charge is 2.46. The molecule has 0 radical (unpaired) electrons. The molecule has 0 saturated carbocycles. The minimum Gasteiger partial charge on any atom is -0.310 e. The molecule has 13 aromatic carbocycles. The lowest BCUT2D eigenvalue weighted by atomic mass is 9.67. The summed E-state index contributed by atoms with van der Waals surface area (Å²) < 4.78 is 0. The zero-order valence-electron chi connectivity index (χ0n) is 43.4. The van der Waals surface area contributed by atoms with E-state index in [1.807, 2.05) is 0 Å². The van der Waals surface area contributed by atoms with E-state index in [1.165, 1.54) is 99.4 Å². The molecule has 0 heterocycles. The Hall–Kier alpha value is -10.0. The summed E-state index contributed by atoms with van der Waals surface area (Å²) in [4.78, 5) is 4.92. The van der Waals surface area contributed by atoms with Crippen LogP contribution in [0, 0.1) is 0 Å². The molecule has 16 rings (SSSR count). The summed E-state index contributed by atoms with van der Waals surface area (Å²) in [5, 5.41) is 5.02. The summed E-state index contributed by atoms with van der Waals surface area (Å²) >= 11 is 0. The van der Waals surface area contributed by atoms with Crippen molar-refractivity contribution in [3.05, 3.63) is 359 Å². The van der Waals surface area contributed by atoms with Crippen molar-refractivity contribution < 1.29 is 0 Å². The Morgan fingerprint density at radius 2 is 0.532 bits per heavy atom. The van der Waals surface area contributed by atoms with Crippen molar-refractivity contribution in [3.8, 4) is 22.3 Å². The molecule has 0 atom stereocenters. The Labute approximate surface area is 461 Å². The number of fused-ring (bicyclic) bond motifs is 6. The highest BCUT2D eigenvalue weighted by Crippen LogP contribution is 2.59. The van der Waals surface area contributed by atoms with E-state index in [1.54, 1.807) is 0 Å². The third kappa shape index (κ3) is 6.91. The first kappa shape index (κ1) is 45.2. The van der Waals surface area contributed by atoms with Gasteiger partial charge in [-0.15, -0.1) is 0 Å². The Morgan fingerprint density at radius 3 is 0.873 bits per heavy atom. The molecular weight excluding hydrogens is 953 g/mol. The molecule has 0 aromatic heterocycles. The fraction of sp³-hybridized carbons (Fsp3) is 0.0390. The smallest absolute Gasteiger partial charge is 0.0715 e. The van der Waals surface area contributed by atoms with E-state index in [0.717, 1.165) is 34.1 Å². The lowest BCUT2D eigenvalue weighted by Gasteiger charge is -2.36. The highest BCUT2D eigenvalue weighted by molar-refractivity contribution is 6.18. The zero-order valence-corrected chi connectivity index (χ0v) is 43.4. The lowest BCUT2D eigenvalue weighted by Crippen LogP contribution is -2.29. The summed E-state index contributed by atoms with van der Waals surface area (Å²) in [6.45, 7) is 0. The van der Waals surface area contributed by atoms with Gasteiger partial charge < -0.3 is 9.80 Å². The van der Waals surface area contributed by atoms with Gasteiger partial charge in [0.25, 0.3) is 0 Å². The van der Waals surface area contributed by atoms with Crippen molar-refractivity contribution in [2.45, 2.75) is 17.3 Å². The van der Waals surface area contributed by atoms with Crippen LogP contribution >= 0.6 is 0 Å². The predicted molar refractivity (Wildman–Crippen MR) is 328 cm³/mol. The van der Waals surface area contributed by atoms with Crippen LogP contribution in [0.2, 0.25) is 0 Å². The highest BCUT2D eigenvalue weighted by atomic mass is 15.1. The summed E-state index contributed by atoms with van der Waals surface area (Å²) in [7, 11) is 0. The Balaban J connectivity index is 0.879. The van der Waals surface area contributed by atoms with Gasteiger partial charge in [0.1, 0.15) is 0 Å². The van der Waals surface area contributed by atoms with Gasteiger partial charge in [0.05, 0.1) is 5.41 Å². The maximum atomic E-state index is 2.51. The average Bonchev–Trinajstić information content (AvgIpc) is 4.32. The largest absolute Gasteiger partial charge is 0.310 e. The van der Waals surface area contributed by atoms with Crippen LogP contribution in [0.3, 0.4) is 0 Å². The molecule has 370 valence electrons. The second-order valence-electron chi connectivity index (χ2n) is 21.5. The van der Waals surface area contributed by atoms with Gasteiger partial charge in [-0.05, 0) is 172 Å². The monoisotopic (exact) mass is 1000 g/mol. The Morgan fingerprint density at radius 1 is 0.241 bits per heavy atom. The molecule has 0 amide bonds. The van der Waals surface area contributed by atoms with E-state index in [2.05, 4.69) is 313 Å². The van der Waals surface area contributed by atoms with Crippen LogP contribution in [0.15, 0.2) is 303 Å². The molecular formula is C77H52N2. The quantitative estimate of drug-likeness (QED) is 0.126. The standard InChI is InChI=1S/C77H52N2/c1-5-21-55(22-6-1)77(56-23-7-2-8-24-56)71-49-61(78(57-25-9-3-10-26-57)59-43-39-51(40-44-59)73-67-33-17-13-29-63(67)64-30-14-18-34-68(64)73)47-53-37-38-54-48-62(50-72(77)76(54)75(53)71)79(58-27-11-4-12-28-58)60-45-41-52(42-46-60)74-69-35-19-15-31-65(69)66-32-16-20-36-70(66)74/h1-50,73-74H. The number of nitrogens with zero attached hydrogens (tertiary/aromatic N) is 2. The topological polar surface area (TPSA) is 6.48 Å². The van der Waals surface area contributed by atoms with Crippen molar-refractivity contribution >= 4 is 55.7 Å². The van der Waals surface area contributed by atoms with E-state index < -0.39 is 5.41 Å². The number of hydrogen-bond donors (Lipinski definition) is 0. The maximum absolute atomic E-state index is 2.51. The average molecular weight is 1010 g/mol. The van der Waals surface area contributed by atoms with Crippen LogP contribution in [0.4, 0.5) is 34.1 Å². The summed E-state index contributed by atoms with van der Waals surface area (Å²) in [6, 6.07) is 113. The third-order valence-corrected chi connectivity index (χ3v) is 17.4. The molecule has 2 nitrogen and oxygen atoms in total. The molecule has 0 unspecified atom stereocenters. The molecule has 0 spiro atoms. The first-order valence-corrected chi connectivity index (χ1v) is 27.6. The predicted octanol–water partition coefficient (Wildman–Crippen LogP) is 19.9. The molecule has 0 fully saturated rings. The number of para-hydroxylation sites is 2. The van der Waals surface area contributed by atoms with Gasteiger partial charge in [-0.2, -0.15) is 0 Å². The van der Waals surface area contributed by atoms with Crippen molar-refractivity contribution in [1.29, 1.82) is 0 Å². The number of benzene rings is 13. The molecule has 0 aliphatic heterocycles. The SMILES string of the molecule is c1ccc(N(c2ccc(C3c4ccccc4-c4ccccc43)cc2)c2cc3c4c(ccc5cc(N(c6ccccc6)c6ccc(C7c8ccccc8-c8ccccc87)cc6)cc(c54)C3(c3ccccc3)c3ccccc3)c2)cc1. The van der Waals surface area contributed by atoms with Gasteiger partial charge in [-0.1, -0.05) is 231 Å². The fourth-order valence-corrected chi connectivity index (χ4v) is 14.2. The van der Waals surface area contributed by atoms with E-state index >= 15 is 0 Å². The molecule has 0 N–H and O–H groups in total. The van der Waals surface area contributed by atoms with Gasteiger partial charge >= 0.3 is 0 Å². The van der Waals surface area contributed by atoms with Crippen molar-refractivity contribution in [2.75, 3.05) is 9.80 Å². The lowest BCUT2D eigenvalue weighted by molar-refractivity contribution is 0.771. The molecule has 2 heteroatoms. The zero-order chi connectivity index (χ0) is 52.0. The van der Waals surface area contributed by atoms with Crippen LogP contribution in [-0.4, -0.2) is 0 Å². The van der Waals surface area contributed by atoms with Gasteiger partial charge in [-0.3, -0.25) is 0 Å². The molecule has 0 bridgehead atoms. The number of rotatable bonds is 10. The molecule has 0 saturated heterocycles. The van der Waals surface area contributed by atoms with Crippen LogP contribution < -0.4 is 9.80 Å². The van der Waals surface area contributed by atoms with Crippen LogP contribution in [0.5, 0.6) is 0 Å². The molecule has 79 heavy (non-hydrogen) atoms. The minimum absolute atomic E-state index is 0.168. The molecule has 13 aromatic rings. The first-order valence-electron chi connectivity index (χ1n) is 27.6. The van der Waals surface area contributed by atoms with E-state index in [4.69, 9.17) is 0 Å². The molecule has 3 aliphatic carbocycles. The van der Waals surface area contributed by atoms with Crippen molar-refractivity contribution in [1.82, 2.24) is 0 Å². The summed E-state index contributed by atoms with van der Waals surface area (Å²) in [5.41, 5.74) is 24.3.